The fourth-order valence-electron chi connectivity index (χ4n) is 3.97. The number of aliphatic carboxylic acids is 1. The summed E-state index contributed by atoms with van der Waals surface area (Å²) in [6, 6.07) is 35.6. The maximum atomic E-state index is 13.0. The predicted octanol–water partition coefficient (Wildman–Crippen LogP) is 9.64. The molecule has 0 aliphatic rings. The molecule has 190 valence electrons. The van der Waals surface area contributed by atoms with Crippen molar-refractivity contribution in [2.45, 2.75) is 6.18 Å². The number of alkyl halides is 3. The van der Waals surface area contributed by atoms with E-state index in [0.717, 1.165) is 48.6 Å². The quantitative estimate of drug-likeness (QED) is 0.206. The van der Waals surface area contributed by atoms with Gasteiger partial charge in [-0.15, -0.1) is 22.7 Å². The van der Waals surface area contributed by atoms with Crippen LogP contribution in [0.15, 0.2) is 115 Å². The molecule has 0 unspecified atom stereocenters. The van der Waals surface area contributed by atoms with E-state index < -0.39 is 17.7 Å². The van der Waals surface area contributed by atoms with Crippen LogP contribution in [0.25, 0.3) is 26.3 Å². The van der Waals surface area contributed by atoms with Crippen LogP contribution in [0.4, 0.5) is 30.2 Å². The van der Waals surface area contributed by atoms with Crippen LogP contribution in [0.1, 0.15) is 4.88 Å². The summed E-state index contributed by atoms with van der Waals surface area (Å²) in [6.45, 7) is 0. The van der Waals surface area contributed by atoms with Gasteiger partial charge in [0.1, 0.15) is 5.57 Å². The van der Waals surface area contributed by atoms with Gasteiger partial charge in [0, 0.05) is 36.6 Å². The van der Waals surface area contributed by atoms with Crippen molar-refractivity contribution in [3.05, 3.63) is 120 Å². The summed E-state index contributed by atoms with van der Waals surface area (Å²) >= 11 is 2.65. The Morgan fingerprint density at radius 2 is 1.16 bits per heavy atom. The van der Waals surface area contributed by atoms with Gasteiger partial charge in [0.2, 0.25) is 0 Å². The van der Waals surface area contributed by atoms with E-state index >= 15 is 0 Å². The van der Waals surface area contributed by atoms with Crippen molar-refractivity contribution in [2.24, 2.45) is 0 Å². The van der Waals surface area contributed by atoms with Crippen molar-refractivity contribution >= 4 is 51.8 Å². The number of nitrogens with zero attached hydrogens (tertiary/aromatic N) is 1. The van der Waals surface area contributed by atoms with Crippen LogP contribution in [-0.4, -0.2) is 17.3 Å². The number of carboxylic acid groups (broad SMARTS) is 1. The average Bonchev–Trinajstić information content (AvgIpc) is 3.58. The minimum Gasteiger partial charge on any atom is -0.478 e. The fourth-order valence-corrected chi connectivity index (χ4v) is 6.02. The van der Waals surface area contributed by atoms with Gasteiger partial charge in [-0.2, -0.15) is 13.2 Å². The van der Waals surface area contributed by atoms with Crippen LogP contribution in [-0.2, 0) is 4.79 Å². The van der Waals surface area contributed by atoms with Gasteiger partial charge in [-0.05, 0) is 72.3 Å². The summed E-state index contributed by atoms with van der Waals surface area (Å²) in [5.41, 5.74) is 2.54. The highest BCUT2D eigenvalue weighted by molar-refractivity contribution is 7.24. The number of benzene rings is 3. The molecule has 5 rings (SSSR count). The highest BCUT2D eigenvalue weighted by Gasteiger charge is 2.38. The van der Waals surface area contributed by atoms with Crippen molar-refractivity contribution in [1.82, 2.24) is 0 Å². The number of para-hydroxylation sites is 2. The number of hydrogen-bond acceptors (Lipinski definition) is 4. The van der Waals surface area contributed by atoms with Crippen LogP contribution in [0.2, 0.25) is 0 Å². The van der Waals surface area contributed by atoms with Crippen LogP contribution >= 0.6 is 22.7 Å². The summed E-state index contributed by atoms with van der Waals surface area (Å²) in [5.74, 6) is -1.99. The molecule has 0 fully saturated rings. The fraction of sp³-hybridized carbons (Fsp3) is 0.0333. The van der Waals surface area contributed by atoms with Gasteiger partial charge in [-0.25, -0.2) is 4.79 Å². The zero-order valence-electron chi connectivity index (χ0n) is 19.7. The standard InChI is InChI=1S/C30H20F3NO2S2/c31-30(32,33)25(29(35)36)19-24-15-16-27(37-24)28-18-17-26(38-28)20-11-13-23(14-12-20)34(21-7-3-1-4-8-21)22-9-5-2-6-10-22/h1-19H,(H,35,36)/b25-19+. The Labute approximate surface area is 225 Å². The van der Waals surface area contributed by atoms with E-state index in [-0.39, 0.29) is 4.88 Å². The third-order valence-electron chi connectivity index (χ3n) is 5.74. The lowest BCUT2D eigenvalue weighted by Crippen LogP contribution is -2.19. The van der Waals surface area contributed by atoms with E-state index in [0.29, 0.717) is 6.08 Å². The van der Waals surface area contributed by atoms with Gasteiger partial charge in [0.15, 0.2) is 0 Å². The smallest absolute Gasteiger partial charge is 0.423 e. The first-order chi connectivity index (χ1) is 18.3. The van der Waals surface area contributed by atoms with Crippen LogP contribution in [0.3, 0.4) is 0 Å². The number of hydrogen-bond donors (Lipinski definition) is 1. The Hall–Kier alpha value is -4.14. The monoisotopic (exact) mass is 547 g/mol. The Balaban J connectivity index is 1.40. The Bertz CT molecular complexity index is 1530. The third kappa shape index (κ3) is 5.56. The Kier molecular flexibility index (Phi) is 7.18. The molecule has 0 spiro atoms. The van der Waals surface area contributed by atoms with Crippen molar-refractivity contribution < 1.29 is 23.1 Å². The molecule has 38 heavy (non-hydrogen) atoms. The molecule has 0 amide bonds. The molecule has 0 radical (unpaired) electrons. The van der Waals surface area contributed by atoms with E-state index in [9.17, 15) is 18.0 Å². The first kappa shape index (κ1) is 25.5. The summed E-state index contributed by atoms with van der Waals surface area (Å²) in [5, 5.41) is 8.92. The molecule has 8 heteroatoms. The molecule has 3 nitrogen and oxygen atoms in total. The minimum atomic E-state index is -4.92. The Morgan fingerprint density at radius 1 is 0.658 bits per heavy atom. The van der Waals surface area contributed by atoms with Crippen molar-refractivity contribution in [3.63, 3.8) is 0 Å². The largest absolute Gasteiger partial charge is 0.478 e. The molecule has 3 aromatic carbocycles. The first-order valence-corrected chi connectivity index (χ1v) is 13.2. The van der Waals surface area contributed by atoms with Gasteiger partial charge >= 0.3 is 12.1 Å². The lowest BCUT2D eigenvalue weighted by atomic mass is 10.1. The molecule has 0 saturated carbocycles. The molecular weight excluding hydrogens is 527 g/mol. The van der Waals surface area contributed by atoms with Crippen LogP contribution in [0, 0.1) is 0 Å². The lowest BCUT2D eigenvalue weighted by Gasteiger charge is -2.25. The van der Waals surface area contributed by atoms with E-state index in [4.69, 9.17) is 5.11 Å². The zero-order valence-corrected chi connectivity index (χ0v) is 21.4. The third-order valence-corrected chi connectivity index (χ3v) is 8.10. The molecule has 0 aliphatic heterocycles. The number of thiophene rings is 2. The van der Waals surface area contributed by atoms with Gasteiger partial charge < -0.3 is 10.0 Å². The van der Waals surface area contributed by atoms with E-state index in [2.05, 4.69) is 53.4 Å². The van der Waals surface area contributed by atoms with Crippen LogP contribution in [0.5, 0.6) is 0 Å². The highest BCUT2D eigenvalue weighted by Crippen LogP contribution is 2.40. The number of anilines is 3. The summed E-state index contributed by atoms with van der Waals surface area (Å²) in [6.07, 6.45) is -4.25. The van der Waals surface area contributed by atoms with Crippen molar-refractivity contribution in [2.75, 3.05) is 4.90 Å². The van der Waals surface area contributed by atoms with Gasteiger partial charge in [0.05, 0.1) is 0 Å². The maximum absolute atomic E-state index is 13.0. The van der Waals surface area contributed by atoms with E-state index in [1.807, 2.05) is 48.5 Å². The zero-order chi connectivity index (χ0) is 26.7. The number of carboxylic acids is 1. The normalized spacial score (nSPS) is 11.9. The number of halogens is 3. The number of carbonyl (C=O) groups is 1. The van der Waals surface area contributed by atoms with Crippen molar-refractivity contribution in [1.29, 1.82) is 0 Å². The first-order valence-electron chi connectivity index (χ1n) is 11.5. The SMILES string of the molecule is O=C(O)/C(=C\c1ccc(-c2ccc(-c3ccc(N(c4ccccc4)c4ccccc4)cc3)s2)s1)C(F)(F)F. The lowest BCUT2D eigenvalue weighted by molar-refractivity contribution is -0.144. The predicted molar refractivity (Wildman–Crippen MR) is 149 cm³/mol. The second-order valence-electron chi connectivity index (χ2n) is 8.28. The summed E-state index contributed by atoms with van der Waals surface area (Å²) in [4.78, 5) is 16.1. The molecule has 0 saturated heterocycles. The number of rotatable bonds is 7. The molecule has 0 bridgehead atoms. The Morgan fingerprint density at radius 3 is 1.71 bits per heavy atom. The molecule has 2 aromatic heterocycles. The highest BCUT2D eigenvalue weighted by atomic mass is 32.1. The second-order valence-corrected chi connectivity index (χ2v) is 10.5. The molecule has 5 aromatic rings. The summed E-state index contributed by atoms with van der Waals surface area (Å²) < 4.78 is 39.0. The van der Waals surface area contributed by atoms with Gasteiger partial charge in [-0.1, -0.05) is 48.5 Å². The molecule has 2 heterocycles. The summed E-state index contributed by atoms with van der Waals surface area (Å²) in [7, 11) is 0. The molecule has 0 atom stereocenters. The second kappa shape index (κ2) is 10.7. The molecule has 0 aliphatic carbocycles. The van der Waals surface area contributed by atoms with Gasteiger partial charge in [-0.3, -0.25) is 0 Å². The van der Waals surface area contributed by atoms with Gasteiger partial charge in [0.25, 0.3) is 0 Å². The minimum absolute atomic E-state index is 0.232. The average molecular weight is 548 g/mol. The van der Waals surface area contributed by atoms with E-state index in [1.165, 1.54) is 17.4 Å². The molecular formula is C30H20F3NO2S2. The van der Waals surface area contributed by atoms with E-state index in [1.54, 1.807) is 6.07 Å². The van der Waals surface area contributed by atoms with Crippen LogP contribution < -0.4 is 4.90 Å². The maximum Gasteiger partial charge on any atom is 0.423 e. The molecule has 1 N–H and O–H groups in total. The topological polar surface area (TPSA) is 40.5 Å². The van der Waals surface area contributed by atoms with Crippen molar-refractivity contribution in [3.8, 4) is 20.2 Å².